The highest BCUT2D eigenvalue weighted by atomic mass is 32.2. The molecule has 0 N–H and O–H groups in total. The van der Waals surface area contributed by atoms with Crippen molar-refractivity contribution in [2.24, 2.45) is 0 Å². The third kappa shape index (κ3) is 2.43. The zero-order chi connectivity index (χ0) is 13.2. The van der Waals surface area contributed by atoms with Crippen LogP contribution in [0.4, 0.5) is 0 Å². The number of hydrogen-bond donors (Lipinski definition) is 0. The van der Waals surface area contributed by atoms with Gasteiger partial charge in [-0.15, -0.1) is 0 Å². The predicted molar refractivity (Wildman–Crippen MR) is 72.7 cm³/mol. The Morgan fingerprint density at radius 1 is 1.22 bits per heavy atom. The lowest BCUT2D eigenvalue weighted by atomic mass is 10.2. The molecule has 98 valence electrons. The Morgan fingerprint density at radius 3 is 2.50 bits per heavy atom. The van der Waals surface area contributed by atoms with Crippen molar-refractivity contribution in [3.63, 3.8) is 0 Å². The third-order valence-electron chi connectivity index (χ3n) is 3.15. The van der Waals surface area contributed by atoms with Gasteiger partial charge < -0.3 is 0 Å². The van der Waals surface area contributed by atoms with E-state index in [0.29, 0.717) is 11.4 Å². The van der Waals surface area contributed by atoms with Crippen molar-refractivity contribution in [1.82, 2.24) is 4.31 Å². The van der Waals surface area contributed by atoms with Crippen molar-refractivity contribution < 1.29 is 8.42 Å². The maximum Gasteiger partial charge on any atom is 0.264 e. The van der Waals surface area contributed by atoms with Gasteiger partial charge in [0.2, 0.25) is 0 Å². The average Bonchev–Trinajstić information content (AvgIpc) is 2.79. The number of sulfonamides is 1. The number of allylic oxidation sites excluding steroid dienone is 1. The van der Waals surface area contributed by atoms with E-state index < -0.39 is 10.0 Å². The van der Waals surface area contributed by atoms with Gasteiger partial charge in [0.25, 0.3) is 10.0 Å². The fourth-order valence-corrected chi connectivity index (χ4v) is 3.74. The first-order valence-corrected chi connectivity index (χ1v) is 7.78. The quantitative estimate of drug-likeness (QED) is 0.839. The Hall–Kier alpha value is -1.29. The first kappa shape index (κ1) is 13.1. The standard InChI is InChI=1S/C14H19NO2S/c1-3-5-13-6-4-11-15(13)18(16,17)14-9-7-12(2)8-10-14/h6-10H,3-5,11H2,1-2H3. The van der Waals surface area contributed by atoms with Crippen LogP contribution in [-0.4, -0.2) is 19.3 Å². The minimum atomic E-state index is -3.36. The first-order valence-electron chi connectivity index (χ1n) is 6.34. The molecule has 4 heteroatoms. The highest BCUT2D eigenvalue weighted by Crippen LogP contribution is 2.27. The molecule has 0 bridgehead atoms. The largest absolute Gasteiger partial charge is 0.270 e. The molecule has 0 aromatic heterocycles. The maximum atomic E-state index is 12.5. The zero-order valence-electron chi connectivity index (χ0n) is 10.9. The number of benzene rings is 1. The van der Waals surface area contributed by atoms with E-state index in [1.807, 2.05) is 25.1 Å². The summed E-state index contributed by atoms with van der Waals surface area (Å²) < 4.78 is 26.6. The van der Waals surface area contributed by atoms with E-state index in [0.717, 1.165) is 30.5 Å². The summed E-state index contributed by atoms with van der Waals surface area (Å²) in [6.45, 7) is 4.59. The van der Waals surface area contributed by atoms with Crippen molar-refractivity contribution in [1.29, 1.82) is 0 Å². The van der Waals surface area contributed by atoms with Crippen LogP contribution in [0, 0.1) is 6.92 Å². The SMILES string of the molecule is CCCC1=CCCN1S(=O)(=O)c1ccc(C)cc1. The van der Waals surface area contributed by atoms with Crippen molar-refractivity contribution in [3.05, 3.63) is 41.6 Å². The number of rotatable bonds is 4. The summed E-state index contributed by atoms with van der Waals surface area (Å²) >= 11 is 0. The second kappa shape index (κ2) is 5.14. The first-order chi connectivity index (χ1) is 8.55. The minimum absolute atomic E-state index is 0.386. The molecule has 0 fully saturated rings. The van der Waals surface area contributed by atoms with Crippen LogP contribution in [-0.2, 0) is 10.0 Å². The van der Waals surface area contributed by atoms with Crippen LogP contribution in [0.25, 0.3) is 0 Å². The van der Waals surface area contributed by atoms with Crippen molar-refractivity contribution in [2.75, 3.05) is 6.54 Å². The molecule has 18 heavy (non-hydrogen) atoms. The average molecular weight is 265 g/mol. The molecule has 0 amide bonds. The summed E-state index contributed by atoms with van der Waals surface area (Å²) in [6.07, 6.45) is 4.65. The lowest BCUT2D eigenvalue weighted by molar-refractivity contribution is 0.488. The fraction of sp³-hybridized carbons (Fsp3) is 0.429. The maximum absolute atomic E-state index is 12.5. The van der Waals surface area contributed by atoms with Crippen molar-refractivity contribution in [2.45, 2.75) is 38.0 Å². The molecular weight excluding hydrogens is 246 g/mol. The van der Waals surface area contributed by atoms with Gasteiger partial charge in [0.1, 0.15) is 0 Å². The van der Waals surface area contributed by atoms with Crippen LogP contribution >= 0.6 is 0 Å². The van der Waals surface area contributed by atoms with Gasteiger partial charge in [-0.05, 0) is 31.9 Å². The lowest BCUT2D eigenvalue weighted by Crippen LogP contribution is -2.28. The molecule has 0 saturated heterocycles. The number of aryl methyl sites for hydroxylation is 1. The Labute approximate surface area is 109 Å². The van der Waals surface area contributed by atoms with Gasteiger partial charge in [-0.1, -0.05) is 37.1 Å². The Balaban J connectivity index is 2.31. The molecule has 1 heterocycles. The van der Waals surface area contributed by atoms with E-state index in [9.17, 15) is 8.42 Å². The zero-order valence-corrected chi connectivity index (χ0v) is 11.7. The molecular formula is C14H19NO2S. The minimum Gasteiger partial charge on any atom is -0.270 e. The van der Waals surface area contributed by atoms with E-state index in [2.05, 4.69) is 6.92 Å². The molecule has 0 atom stereocenters. The monoisotopic (exact) mass is 265 g/mol. The van der Waals surface area contributed by atoms with Gasteiger partial charge in [-0.3, -0.25) is 4.31 Å². The van der Waals surface area contributed by atoms with Crippen molar-refractivity contribution >= 4 is 10.0 Å². The number of nitrogens with zero attached hydrogens (tertiary/aromatic N) is 1. The molecule has 1 aliphatic rings. The molecule has 0 unspecified atom stereocenters. The molecule has 1 aliphatic heterocycles. The van der Waals surface area contributed by atoms with E-state index in [-0.39, 0.29) is 0 Å². The van der Waals surface area contributed by atoms with Crippen LogP contribution in [0.2, 0.25) is 0 Å². The van der Waals surface area contributed by atoms with Crippen LogP contribution in [0.5, 0.6) is 0 Å². The molecule has 0 spiro atoms. The molecule has 1 aromatic rings. The summed E-state index contributed by atoms with van der Waals surface area (Å²) in [5, 5.41) is 0. The van der Waals surface area contributed by atoms with Crippen LogP contribution in [0.1, 0.15) is 31.7 Å². The second-order valence-electron chi connectivity index (χ2n) is 4.62. The van der Waals surface area contributed by atoms with Gasteiger partial charge in [-0.25, -0.2) is 8.42 Å². The topological polar surface area (TPSA) is 37.4 Å². The van der Waals surface area contributed by atoms with Crippen LogP contribution in [0.3, 0.4) is 0 Å². The molecule has 0 radical (unpaired) electrons. The predicted octanol–water partition coefficient (Wildman–Crippen LogP) is 3.07. The summed E-state index contributed by atoms with van der Waals surface area (Å²) in [4.78, 5) is 0.386. The van der Waals surface area contributed by atoms with Gasteiger partial charge in [0, 0.05) is 12.2 Å². The molecule has 0 saturated carbocycles. The molecule has 3 nitrogen and oxygen atoms in total. The molecule has 2 rings (SSSR count). The van der Waals surface area contributed by atoms with Gasteiger partial charge in [0.05, 0.1) is 4.90 Å². The summed E-state index contributed by atoms with van der Waals surface area (Å²) in [6, 6.07) is 7.05. The van der Waals surface area contributed by atoms with Crippen LogP contribution < -0.4 is 0 Å². The Bertz CT molecular complexity index is 544. The van der Waals surface area contributed by atoms with E-state index in [4.69, 9.17) is 0 Å². The van der Waals surface area contributed by atoms with E-state index in [1.165, 1.54) is 0 Å². The highest BCUT2D eigenvalue weighted by molar-refractivity contribution is 7.89. The van der Waals surface area contributed by atoms with Gasteiger partial charge in [-0.2, -0.15) is 0 Å². The number of hydrogen-bond acceptors (Lipinski definition) is 2. The van der Waals surface area contributed by atoms with E-state index >= 15 is 0 Å². The summed E-state index contributed by atoms with van der Waals surface area (Å²) in [7, 11) is -3.36. The van der Waals surface area contributed by atoms with Gasteiger partial charge in [0.15, 0.2) is 0 Å². The van der Waals surface area contributed by atoms with Crippen LogP contribution in [0.15, 0.2) is 40.9 Å². The third-order valence-corrected chi connectivity index (χ3v) is 5.01. The normalized spacial score (nSPS) is 15.9. The second-order valence-corrected chi connectivity index (χ2v) is 6.49. The van der Waals surface area contributed by atoms with Gasteiger partial charge >= 0.3 is 0 Å². The molecule has 0 aliphatic carbocycles. The highest BCUT2D eigenvalue weighted by Gasteiger charge is 2.28. The summed E-state index contributed by atoms with van der Waals surface area (Å²) in [5.41, 5.74) is 2.01. The molecule has 1 aromatic carbocycles. The smallest absolute Gasteiger partial charge is 0.264 e. The Kier molecular flexibility index (Phi) is 3.76. The summed E-state index contributed by atoms with van der Waals surface area (Å²) in [5.74, 6) is 0. The fourth-order valence-electron chi connectivity index (χ4n) is 2.19. The lowest BCUT2D eigenvalue weighted by Gasteiger charge is -2.22. The van der Waals surface area contributed by atoms with E-state index in [1.54, 1.807) is 16.4 Å². The Morgan fingerprint density at radius 2 is 1.89 bits per heavy atom. The van der Waals surface area contributed by atoms with Crippen molar-refractivity contribution in [3.8, 4) is 0 Å².